The molecule has 0 fully saturated rings. The van der Waals surface area contributed by atoms with Crippen LogP contribution in [0.15, 0.2) is 34.2 Å². The van der Waals surface area contributed by atoms with E-state index in [1.165, 1.54) is 17.8 Å². The zero-order chi connectivity index (χ0) is 20.0. The Morgan fingerprint density at radius 2 is 2.00 bits per heavy atom. The number of thioether (sulfide) groups is 1. The first-order chi connectivity index (χ1) is 12.7. The van der Waals surface area contributed by atoms with Crippen LogP contribution in [-0.2, 0) is 24.3 Å². The van der Waals surface area contributed by atoms with E-state index in [1.807, 2.05) is 6.26 Å². The third-order valence-electron chi connectivity index (χ3n) is 3.61. The summed E-state index contributed by atoms with van der Waals surface area (Å²) < 4.78 is 31.8. The molecule has 1 aliphatic heterocycles. The minimum absolute atomic E-state index is 0.0619. The zero-order valence-corrected chi connectivity index (χ0v) is 17.0. The van der Waals surface area contributed by atoms with E-state index in [0.717, 1.165) is 0 Å². The second kappa shape index (κ2) is 9.23. The van der Waals surface area contributed by atoms with Crippen molar-refractivity contribution in [3.8, 4) is 0 Å². The van der Waals surface area contributed by atoms with Gasteiger partial charge in [0.25, 0.3) is 15.9 Å². The topological polar surface area (TPSA) is 114 Å². The second-order valence-electron chi connectivity index (χ2n) is 6.21. The lowest BCUT2D eigenvalue weighted by Crippen LogP contribution is -2.36. The number of nitrogens with one attached hydrogen (secondary N) is 2. The van der Waals surface area contributed by atoms with Crippen LogP contribution in [0.5, 0.6) is 0 Å². The molecular formula is C17H23N3O5S2. The van der Waals surface area contributed by atoms with E-state index < -0.39 is 34.5 Å². The molecule has 0 saturated heterocycles. The van der Waals surface area contributed by atoms with Gasteiger partial charge in [-0.25, -0.2) is 13.2 Å². The van der Waals surface area contributed by atoms with Gasteiger partial charge in [0.2, 0.25) is 0 Å². The highest BCUT2D eigenvalue weighted by molar-refractivity contribution is 7.98. The number of sulfonamides is 1. The largest absolute Gasteiger partial charge is 0.454 e. The quantitative estimate of drug-likeness (QED) is 0.613. The predicted molar refractivity (Wildman–Crippen MR) is 104 cm³/mol. The number of benzene rings is 1. The van der Waals surface area contributed by atoms with Gasteiger partial charge in [0.05, 0.1) is 4.90 Å². The molecule has 2 rings (SSSR count). The fourth-order valence-electron chi connectivity index (χ4n) is 2.45. The first-order valence-corrected chi connectivity index (χ1v) is 11.3. The Hall–Kier alpha value is -2.07. The second-order valence-corrected chi connectivity index (χ2v) is 8.84. The summed E-state index contributed by atoms with van der Waals surface area (Å²) >= 11 is 1.53. The van der Waals surface area contributed by atoms with Crippen LogP contribution in [0.2, 0.25) is 0 Å². The number of hydrogen-bond donors (Lipinski definition) is 2. The lowest BCUT2D eigenvalue weighted by Gasteiger charge is -2.14. The smallest absolute Gasteiger partial charge is 0.331 e. The van der Waals surface area contributed by atoms with Crippen molar-refractivity contribution >= 4 is 39.5 Å². The Labute approximate surface area is 163 Å². The monoisotopic (exact) mass is 413 g/mol. The highest BCUT2D eigenvalue weighted by Crippen LogP contribution is 2.23. The molecule has 0 radical (unpaired) electrons. The number of carbonyl (C=O) groups is 2. The Morgan fingerprint density at radius 1 is 1.30 bits per heavy atom. The summed E-state index contributed by atoms with van der Waals surface area (Å²) in [6.45, 7) is 3.20. The molecule has 0 bridgehead atoms. The van der Waals surface area contributed by atoms with Crippen LogP contribution in [0.3, 0.4) is 0 Å². The SMILES string of the molecule is CSCC[C@H](N=C1NS(=O)(=O)c2ccccc21)C(=O)OCC(=O)NC(C)C. The van der Waals surface area contributed by atoms with Crippen LogP contribution in [0.4, 0.5) is 0 Å². The lowest BCUT2D eigenvalue weighted by atomic mass is 10.2. The molecule has 0 unspecified atom stereocenters. The molecule has 1 atom stereocenters. The van der Waals surface area contributed by atoms with Gasteiger partial charge in [0.15, 0.2) is 12.6 Å². The van der Waals surface area contributed by atoms with Gasteiger partial charge < -0.3 is 10.1 Å². The van der Waals surface area contributed by atoms with Crippen molar-refractivity contribution in [1.29, 1.82) is 0 Å². The van der Waals surface area contributed by atoms with Crippen molar-refractivity contribution in [2.24, 2.45) is 4.99 Å². The minimum atomic E-state index is -3.69. The van der Waals surface area contributed by atoms with Crippen molar-refractivity contribution in [3.63, 3.8) is 0 Å². The third-order valence-corrected chi connectivity index (χ3v) is 5.65. The third kappa shape index (κ3) is 5.70. The van der Waals surface area contributed by atoms with Crippen LogP contribution in [0, 0.1) is 0 Å². The van der Waals surface area contributed by atoms with E-state index in [0.29, 0.717) is 17.7 Å². The van der Waals surface area contributed by atoms with E-state index in [4.69, 9.17) is 4.74 Å². The fraction of sp³-hybridized carbons (Fsp3) is 0.471. The average Bonchev–Trinajstić information content (AvgIpc) is 2.86. The van der Waals surface area contributed by atoms with Gasteiger partial charge in [-0.1, -0.05) is 12.1 Å². The van der Waals surface area contributed by atoms with Crippen molar-refractivity contribution < 1.29 is 22.7 Å². The Morgan fingerprint density at radius 3 is 2.67 bits per heavy atom. The summed E-state index contributed by atoms with van der Waals surface area (Å²) in [5, 5.41) is 2.63. The van der Waals surface area contributed by atoms with E-state index in [1.54, 1.807) is 32.0 Å². The molecule has 10 heteroatoms. The molecule has 148 valence electrons. The molecule has 1 aromatic carbocycles. The Balaban J connectivity index is 2.18. The number of ether oxygens (including phenoxy) is 1. The molecule has 0 aromatic heterocycles. The number of fused-ring (bicyclic) bond motifs is 1. The molecule has 1 aromatic rings. The Bertz CT molecular complexity index is 837. The molecule has 1 heterocycles. The lowest BCUT2D eigenvalue weighted by molar-refractivity contribution is -0.149. The van der Waals surface area contributed by atoms with Crippen LogP contribution in [-0.4, -0.2) is 56.8 Å². The van der Waals surface area contributed by atoms with E-state index in [2.05, 4.69) is 15.0 Å². The van der Waals surface area contributed by atoms with Gasteiger partial charge in [-0.05, 0) is 44.4 Å². The molecule has 0 saturated carbocycles. The summed E-state index contributed by atoms with van der Waals surface area (Å²) in [7, 11) is -3.69. The molecule has 0 spiro atoms. The van der Waals surface area contributed by atoms with Crippen molar-refractivity contribution in [1.82, 2.24) is 10.0 Å². The summed E-state index contributed by atoms with van der Waals surface area (Å²) in [4.78, 5) is 28.5. The molecular weight excluding hydrogens is 390 g/mol. The Kier molecular flexibility index (Phi) is 7.25. The zero-order valence-electron chi connectivity index (χ0n) is 15.4. The molecule has 1 aliphatic rings. The van der Waals surface area contributed by atoms with Gasteiger partial charge in [0.1, 0.15) is 5.84 Å². The normalized spacial score (nSPS) is 17.3. The van der Waals surface area contributed by atoms with Crippen LogP contribution >= 0.6 is 11.8 Å². The average molecular weight is 414 g/mol. The van der Waals surface area contributed by atoms with Gasteiger partial charge in [0, 0.05) is 11.6 Å². The number of esters is 1. The maximum Gasteiger partial charge on any atom is 0.331 e. The number of rotatable bonds is 8. The summed E-state index contributed by atoms with van der Waals surface area (Å²) in [5.41, 5.74) is 0.414. The van der Waals surface area contributed by atoms with E-state index >= 15 is 0 Å². The molecule has 27 heavy (non-hydrogen) atoms. The van der Waals surface area contributed by atoms with Gasteiger partial charge in [-0.15, -0.1) is 0 Å². The molecule has 0 aliphatic carbocycles. The maximum absolute atomic E-state index is 12.4. The first kappa shape index (κ1) is 21.2. The number of carbonyl (C=O) groups excluding carboxylic acids is 2. The van der Waals surface area contributed by atoms with Gasteiger partial charge >= 0.3 is 5.97 Å². The molecule has 2 N–H and O–H groups in total. The highest BCUT2D eigenvalue weighted by atomic mass is 32.2. The van der Waals surface area contributed by atoms with E-state index in [-0.39, 0.29) is 16.8 Å². The molecule has 1 amide bonds. The maximum atomic E-state index is 12.4. The van der Waals surface area contributed by atoms with Crippen LogP contribution < -0.4 is 10.0 Å². The summed E-state index contributed by atoms with van der Waals surface area (Å²) in [6.07, 6.45) is 2.25. The van der Waals surface area contributed by atoms with Crippen LogP contribution in [0.25, 0.3) is 0 Å². The van der Waals surface area contributed by atoms with Crippen molar-refractivity contribution in [2.75, 3.05) is 18.6 Å². The van der Waals surface area contributed by atoms with Crippen LogP contribution in [0.1, 0.15) is 25.8 Å². The number of nitrogens with zero attached hydrogens (tertiary/aromatic N) is 1. The highest BCUT2D eigenvalue weighted by Gasteiger charge is 2.32. The number of hydrogen-bond acceptors (Lipinski definition) is 7. The standard InChI is InChI=1S/C17H23N3O5S2/c1-11(2)18-15(21)10-25-17(22)13(8-9-26-3)19-16-12-6-4-5-7-14(12)27(23,24)20-16/h4-7,11,13H,8-10H2,1-3H3,(H,18,21)(H,19,20)/t13-/m0/s1. The fourth-order valence-corrected chi connectivity index (χ4v) is 4.14. The first-order valence-electron chi connectivity index (χ1n) is 8.39. The summed E-state index contributed by atoms with van der Waals surface area (Å²) in [6, 6.07) is 5.45. The summed E-state index contributed by atoms with van der Waals surface area (Å²) in [5.74, 6) is -0.329. The number of aliphatic imine (C=N–C) groups is 1. The van der Waals surface area contributed by atoms with Crippen molar-refractivity contribution in [2.45, 2.75) is 37.2 Å². The number of amides is 1. The van der Waals surface area contributed by atoms with Gasteiger partial charge in [-0.2, -0.15) is 11.8 Å². The predicted octanol–water partition coefficient (Wildman–Crippen LogP) is 0.915. The van der Waals surface area contributed by atoms with Crippen molar-refractivity contribution in [3.05, 3.63) is 29.8 Å². The molecule has 8 nitrogen and oxygen atoms in total. The minimum Gasteiger partial charge on any atom is -0.454 e. The number of amidine groups is 1. The van der Waals surface area contributed by atoms with E-state index in [9.17, 15) is 18.0 Å². The van der Waals surface area contributed by atoms with Gasteiger partial charge in [-0.3, -0.25) is 14.5 Å².